The maximum absolute atomic E-state index is 12.5. The number of rotatable bonds is 6. The van der Waals surface area contributed by atoms with Gasteiger partial charge in [0.2, 0.25) is 0 Å². The fourth-order valence-corrected chi connectivity index (χ4v) is 1.70. The van der Waals surface area contributed by atoms with Crippen molar-refractivity contribution in [3.05, 3.63) is 35.4 Å². The number of hydrogen-bond donors (Lipinski definition) is 0. The summed E-state index contributed by atoms with van der Waals surface area (Å²) in [5, 5.41) is 8.92. The fraction of sp³-hybridized carbons (Fsp3) is 0.462. The molecule has 0 fully saturated rings. The quantitative estimate of drug-likeness (QED) is 0.798. The van der Waals surface area contributed by atoms with Crippen LogP contribution < -0.4 is 0 Å². The van der Waals surface area contributed by atoms with E-state index in [2.05, 4.69) is 0 Å². The first-order valence-corrected chi connectivity index (χ1v) is 5.72. The zero-order valence-corrected chi connectivity index (χ0v) is 10.6. The normalized spacial score (nSPS) is 11.6. The average molecular weight is 272 g/mol. The minimum atomic E-state index is -4.27. The van der Waals surface area contributed by atoms with E-state index in [1.165, 1.54) is 12.0 Å². The molecule has 0 aromatic heterocycles. The molecule has 0 unspecified atom stereocenters. The Morgan fingerprint density at radius 2 is 2.00 bits per heavy atom. The lowest BCUT2D eigenvalue weighted by molar-refractivity contribution is -0.148. The third kappa shape index (κ3) is 5.73. The first-order valence-electron chi connectivity index (χ1n) is 5.72. The molecule has 0 N–H and O–H groups in total. The molecular weight excluding hydrogens is 257 g/mol. The highest BCUT2D eigenvalue weighted by Crippen LogP contribution is 2.19. The van der Waals surface area contributed by atoms with E-state index in [1.807, 2.05) is 6.07 Å². The van der Waals surface area contributed by atoms with Crippen molar-refractivity contribution >= 4 is 0 Å². The summed E-state index contributed by atoms with van der Waals surface area (Å²) in [6, 6.07) is 8.63. The molecule has 19 heavy (non-hydrogen) atoms. The Morgan fingerprint density at radius 3 is 2.58 bits per heavy atom. The molecule has 104 valence electrons. The maximum Gasteiger partial charge on any atom is 0.401 e. The summed E-state index contributed by atoms with van der Waals surface area (Å²) >= 11 is 0. The summed E-state index contributed by atoms with van der Waals surface area (Å²) in [5.74, 6) is 0. The molecule has 0 aliphatic rings. The average Bonchev–Trinajstić information content (AvgIpc) is 2.35. The molecule has 0 bridgehead atoms. The summed E-state index contributed by atoms with van der Waals surface area (Å²) < 4.78 is 42.2. The molecule has 3 nitrogen and oxygen atoms in total. The van der Waals surface area contributed by atoms with E-state index >= 15 is 0 Å². The van der Waals surface area contributed by atoms with Crippen molar-refractivity contribution in [3.63, 3.8) is 0 Å². The van der Waals surface area contributed by atoms with Crippen molar-refractivity contribution in [1.29, 1.82) is 5.26 Å². The van der Waals surface area contributed by atoms with E-state index in [-0.39, 0.29) is 19.7 Å². The monoisotopic (exact) mass is 272 g/mol. The van der Waals surface area contributed by atoms with Crippen molar-refractivity contribution in [2.24, 2.45) is 0 Å². The van der Waals surface area contributed by atoms with E-state index in [9.17, 15) is 13.2 Å². The lowest BCUT2D eigenvalue weighted by Gasteiger charge is -2.23. The standard InChI is InChI=1S/C13H15F3N2O/c1-19-7-6-18(10-13(14,15)16)9-12-5-3-2-4-11(12)8-17/h2-5H,6-7,9-10H2,1H3. The number of nitrogens with zero attached hydrogens (tertiary/aromatic N) is 2. The van der Waals surface area contributed by atoms with E-state index in [1.54, 1.807) is 24.3 Å². The second kappa shape index (κ2) is 7.12. The van der Waals surface area contributed by atoms with Crippen LogP contribution in [-0.4, -0.2) is 37.9 Å². The van der Waals surface area contributed by atoms with Crippen LogP contribution in [0, 0.1) is 11.3 Å². The van der Waals surface area contributed by atoms with E-state index in [0.29, 0.717) is 11.1 Å². The molecule has 1 rings (SSSR count). The van der Waals surface area contributed by atoms with Crippen LogP contribution >= 0.6 is 0 Å². The number of alkyl halides is 3. The van der Waals surface area contributed by atoms with Crippen LogP contribution in [0.5, 0.6) is 0 Å². The van der Waals surface area contributed by atoms with E-state index in [0.717, 1.165) is 0 Å². The molecule has 0 saturated carbocycles. The Morgan fingerprint density at radius 1 is 1.32 bits per heavy atom. The molecule has 0 heterocycles. The lowest BCUT2D eigenvalue weighted by Crippen LogP contribution is -2.36. The molecular formula is C13H15F3N2O. The van der Waals surface area contributed by atoms with Crippen LogP contribution in [0.15, 0.2) is 24.3 Å². The van der Waals surface area contributed by atoms with Gasteiger partial charge in [-0.25, -0.2) is 0 Å². The van der Waals surface area contributed by atoms with Gasteiger partial charge in [-0.2, -0.15) is 18.4 Å². The maximum atomic E-state index is 12.5. The molecule has 0 aliphatic carbocycles. The van der Waals surface area contributed by atoms with Gasteiger partial charge in [-0.1, -0.05) is 18.2 Å². The Kier molecular flexibility index (Phi) is 5.80. The SMILES string of the molecule is COCCN(Cc1ccccc1C#N)CC(F)(F)F. The van der Waals surface area contributed by atoms with Crippen LogP contribution in [0.25, 0.3) is 0 Å². The number of benzene rings is 1. The third-order valence-corrected chi connectivity index (χ3v) is 2.55. The van der Waals surface area contributed by atoms with E-state index < -0.39 is 12.7 Å². The first-order chi connectivity index (χ1) is 8.96. The van der Waals surface area contributed by atoms with Gasteiger partial charge in [-0.05, 0) is 11.6 Å². The van der Waals surface area contributed by atoms with Crippen LogP contribution in [0.2, 0.25) is 0 Å². The molecule has 0 atom stereocenters. The van der Waals surface area contributed by atoms with Gasteiger partial charge < -0.3 is 4.74 Å². The van der Waals surface area contributed by atoms with Gasteiger partial charge in [-0.15, -0.1) is 0 Å². The fourth-order valence-electron chi connectivity index (χ4n) is 1.70. The molecule has 0 amide bonds. The summed E-state index contributed by atoms with van der Waals surface area (Å²) in [4.78, 5) is 1.22. The van der Waals surface area contributed by atoms with Crippen LogP contribution in [0.4, 0.5) is 13.2 Å². The Balaban J connectivity index is 2.79. The van der Waals surface area contributed by atoms with Gasteiger partial charge in [0.15, 0.2) is 0 Å². The van der Waals surface area contributed by atoms with Gasteiger partial charge in [0, 0.05) is 20.2 Å². The number of hydrogen-bond acceptors (Lipinski definition) is 3. The highest BCUT2D eigenvalue weighted by molar-refractivity contribution is 5.37. The topological polar surface area (TPSA) is 36.3 Å². The van der Waals surface area contributed by atoms with Crippen molar-refractivity contribution in [2.45, 2.75) is 12.7 Å². The number of nitriles is 1. The lowest BCUT2D eigenvalue weighted by atomic mass is 10.1. The first kappa shape index (κ1) is 15.5. The van der Waals surface area contributed by atoms with Crippen molar-refractivity contribution in [2.75, 3.05) is 26.8 Å². The molecule has 0 radical (unpaired) electrons. The van der Waals surface area contributed by atoms with Gasteiger partial charge in [0.05, 0.1) is 24.8 Å². The molecule has 0 saturated heterocycles. The molecule has 1 aromatic carbocycles. The Labute approximate surface area is 110 Å². The van der Waals surface area contributed by atoms with Crippen molar-refractivity contribution in [1.82, 2.24) is 4.90 Å². The van der Waals surface area contributed by atoms with Gasteiger partial charge in [0.25, 0.3) is 0 Å². The molecule has 1 aromatic rings. The van der Waals surface area contributed by atoms with Gasteiger partial charge >= 0.3 is 6.18 Å². The number of ether oxygens (including phenoxy) is 1. The second-order valence-electron chi connectivity index (χ2n) is 4.09. The summed E-state index contributed by atoms with van der Waals surface area (Å²) in [7, 11) is 1.44. The van der Waals surface area contributed by atoms with Crippen LogP contribution in [-0.2, 0) is 11.3 Å². The predicted molar refractivity (Wildman–Crippen MR) is 64.4 cm³/mol. The number of methoxy groups -OCH3 is 1. The Hall–Kier alpha value is -1.58. The largest absolute Gasteiger partial charge is 0.401 e. The van der Waals surface area contributed by atoms with Gasteiger partial charge in [-0.3, -0.25) is 4.90 Å². The minimum Gasteiger partial charge on any atom is -0.383 e. The smallest absolute Gasteiger partial charge is 0.383 e. The van der Waals surface area contributed by atoms with Crippen molar-refractivity contribution < 1.29 is 17.9 Å². The molecule has 0 spiro atoms. The van der Waals surface area contributed by atoms with Crippen LogP contribution in [0.3, 0.4) is 0 Å². The highest BCUT2D eigenvalue weighted by Gasteiger charge is 2.30. The molecule has 6 heteroatoms. The zero-order valence-electron chi connectivity index (χ0n) is 10.6. The summed E-state index contributed by atoms with van der Waals surface area (Å²) in [5.41, 5.74) is 0.984. The summed E-state index contributed by atoms with van der Waals surface area (Å²) in [6.45, 7) is -0.566. The highest BCUT2D eigenvalue weighted by atomic mass is 19.4. The number of halogens is 3. The van der Waals surface area contributed by atoms with Gasteiger partial charge in [0.1, 0.15) is 0 Å². The van der Waals surface area contributed by atoms with Crippen LogP contribution in [0.1, 0.15) is 11.1 Å². The molecule has 0 aliphatic heterocycles. The second-order valence-corrected chi connectivity index (χ2v) is 4.09. The Bertz CT molecular complexity index is 440. The zero-order chi connectivity index (χ0) is 14.3. The minimum absolute atomic E-state index is 0.0760. The third-order valence-electron chi connectivity index (χ3n) is 2.55. The summed E-state index contributed by atoms with van der Waals surface area (Å²) in [6.07, 6.45) is -4.27. The van der Waals surface area contributed by atoms with E-state index in [4.69, 9.17) is 10.00 Å². The predicted octanol–water partition coefficient (Wildman–Crippen LogP) is 2.57. The van der Waals surface area contributed by atoms with Crippen molar-refractivity contribution in [3.8, 4) is 6.07 Å².